The maximum Gasteiger partial charge on any atom is 0.221 e. The number of hydrogen-bond donors (Lipinski definition) is 6. The molecule has 406 valence electrons. The predicted molar refractivity (Wildman–Crippen MR) is 241 cm³/mol. The standard InChI is InChI=1S/C44H76N8O19/c1-31-37(54)39(56)43(29-68-41(31)70-43)27-64-19-17-62-15-13-60-11-9-58-7-5-51-21-33(47-49-51)23-66-25-35(46-36(53)3-4-45)26-67-24-34-22-52(50-48-34)6-8-59-10-12-61-14-16-63-18-20-65-28-44-30-69-42(71-44)32(2)38(55)40(44)57/h21-22,31-32,35,37-42,54-57H,3-20,23-30,45H2,1-2H3,(H,46,53)/t31-,32-,37-,38-,39-,40-,41+,42+,43+,44+/m1/s1. The number of ether oxygens (including phenoxy) is 14. The Kier molecular flexibility index (Phi) is 24.5. The highest BCUT2D eigenvalue weighted by atomic mass is 16.8. The number of nitrogens with two attached hydrogens (primary N) is 1. The van der Waals surface area contributed by atoms with Crippen molar-refractivity contribution in [3.05, 3.63) is 23.8 Å². The number of fused-ring (bicyclic) bond motifs is 4. The molecule has 71 heavy (non-hydrogen) atoms. The van der Waals surface area contributed by atoms with Gasteiger partial charge in [0, 0.05) is 24.8 Å². The van der Waals surface area contributed by atoms with Crippen molar-refractivity contribution >= 4 is 5.91 Å². The predicted octanol–water partition coefficient (Wildman–Crippen LogP) is -3.46. The molecule has 1 amide bonds. The van der Waals surface area contributed by atoms with Gasteiger partial charge in [0.1, 0.15) is 34.8 Å². The molecule has 0 aliphatic carbocycles. The molecule has 4 saturated heterocycles. The van der Waals surface area contributed by atoms with Gasteiger partial charge >= 0.3 is 0 Å². The van der Waals surface area contributed by atoms with Gasteiger partial charge in [0.25, 0.3) is 0 Å². The molecule has 27 nitrogen and oxygen atoms in total. The van der Waals surface area contributed by atoms with Crippen LogP contribution in [0.2, 0.25) is 0 Å². The Bertz CT molecular complexity index is 1670. The lowest BCUT2D eigenvalue weighted by Gasteiger charge is -2.41. The first kappa shape index (κ1) is 57.3. The van der Waals surface area contributed by atoms with Crippen LogP contribution in [0.3, 0.4) is 0 Å². The van der Waals surface area contributed by atoms with Crippen molar-refractivity contribution in [3.63, 3.8) is 0 Å². The molecule has 10 atom stereocenters. The van der Waals surface area contributed by atoms with Gasteiger partial charge in [0.2, 0.25) is 5.91 Å². The summed E-state index contributed by atoms with van der Waals surface area (Å²) in [6, 6.07) is -0.450. The average molecular weight is 1020 g/mol. The largest absolute Gasteiger partial charge is 0.390 e. The minimum absolute atomic E-state index is 0.0927. The average Bonchev–Trinajstić information content (AvgIpc) is 4.19. The highest BCUT2D eigenvalue weighted by Crippen LogP contribution is 2.41. The number of carbonyl (C=O) groups excluding carboxylic acids is 1. The van der Waals surface area contributed by atoms with E-state index in [0.29, 0.717) is 117 Å². The van der Waals surface area contributed by atoms with E-state index in [4.69, 9.17) is 72.0 Å². The Labute approximate surface area is 412 Å². The van der Waals surface area contributed by atoms with Gasteiger partial charge in [-0.25, -0.2) is 9.36 Å². The highest BCUT2D eigenvalue weighted by molar-refractivity contribution is 5.76. The van der Waals surface area contributed by atoms with Gasteiger partial charge in [-0.05, 0) is 0 Å². The van der Waals surface area contributed by atoms with Gasteiger partial charge < -0.3 is 97.8 Å². The van der Waals surface area contributed by atoms with Gasteiger partial charge in [-0.1, -0.05) is 24.3 Å². The highest BCUT2D eigenvalue weighted by Gasteiger charge is 2.59. The number of aliphatic hydroxyl groups is 4. The fraction of sp³-hybridized carbons (Fsp3) is 0.886. The smallest absolute Gasteiger partial charge is 0.221 e. The molecule has 6 heterocycles. The zero-order chi connectivity index (χ0) is 50.3. The maximum absolute atomic E-state index is 12.4. The van der Waals surface area contributed by atoms with Gasteiger partial charge in [-0.2, -0.15) is 0 Å². The van der Waals surface area contributed by atoms with Crippen LogP contribution in [0.15, 0.2) is 12.4 Å². The van der Waals surface area contributed by atoms with E-state index < -0.39 is 54.2 Å². The van der Waals surface area contributed by atoms with Crippen LogP contribution >= 0.6 is 0 Å². The molecule has 4 bridgehead atoms. The fourth-order valence-corrected chi connectivity index (χ4v) is 8.04. The second kappa shape index (κ2) is 30.4. The lowest BCUT2D eigenvalue weighted by Crippen LogP contribution is -2.60. The summed E-state index contributed by atoms with van der Waals surface area (Å²) in [5, 5.41) is 61.0. The molecule has 4 aliphatic rings. The molecule has 4 fully saturated rings. The molecule has 0 saturated carbocycles. The number of aromatic nitrogens is 6. The van der Waals surface area contributed by atoms with Crippen LogP contribution in [0.4, 0.5) is 0 Å². The number of nitrogens with zero attached hydrogens (tertiary/aromatic N) is 6. The molecule has 0 aromatic carbocycles. The third-order valence-corrected chi connectivity index (χ3v) is 12.2. The minimum atomic E-state index is -1.09. The molecule has 2 aromatic heterocycles. The maximum atomic E-state index is 12.4. The lowest BCUT2D eigenvalue weighted by molar-refractivity contribution is -0.249. The summed E-state index contributed by atoms with van der Waals surface area (Å²) in [6.07, 6.45) is -1.43. The van der Waals surface area contributed by atoms with Crippen LogP contribution in [0.1, 0.15) is 31.7 Å². The second-order valence-electron chi connectivity index (χ2n) is 17.9. The number of nitrogens with one attached hydrogen (secondary N) is 1. The monoisotopic (exact) mass is 1020 g/mol. The second-order valence-corrected chi connectivity index (χ2v) is 17.9. The summed E-state index contributed by atoms with van der Waals surface area (Å²) in [7, 11) is 0. The van der Waals surface area contributed by atoms with Crippen LogP contribution < -0.4 is 11.1 Å². The van der Waals surface area contributed by atoms with Crippen molar-refractivity contribution < 1.29 is 91.5 Å². The minimum Gasteiger partial charge on any atom is -0.390 e. The van der Waals surface area contributed by atoms with Crippen molar-refractivity contribution in [1.82, 2.24) is 35.3 Å². The number of hydrogen-bond acceptors (Lipinski definition) is 24. The molecule has 2 aromatic rings. The van der Waals surface area contributed by atoms with E-state index >= 15 is 0 Å². The summed E-state index contributed by atoms with van der Waals surface area (Å²) in [5.74, 6) is -0.847. The molecule has 27 heteroatoms. The van der Waals surface area contributed by atoms with Crippen LogP contribution in [-0.4, -0.2) is 249 Å². The quantitative estimate of drug-likeness (QED) is 0.0355. The van der Waals surface area contributed by atoms with E-state index in [9.17, 15) is 25.2 Å². The van der Waals surface area contributed by atoms with Gasteiger partial charge in [0.05, 0.1) is 189 Å². The van der Waals surface area contributed by atoms with Crippen molar-refractivity contribution in [2.75, 3.05) is 139 Å². The number of carbonyl (C=O) groups is 1. The molecule has 0 radical (unpaired) electrons. The van der Waals surface area contributed by atoms with Crippen LogP contribution in [0, 0.1) is 11.8 Å². The zero-order valence-corrected chi connectivity index (χ0v) is 40.9. The van der Waals surface area contributed by atoms with Crippen molar-refractivity contribution in [3.8, 4) is 0 Å². The number of rotatable bonds is 39. The Morgan fingerprint density at radius 2 is 1.01 bits per heavy atom. The summed E-state index contributed by atoms with van der Waals surface area (Å²) in [5.41, 5.74) is 4.68. The summed E-state index contributed by atoms with van der Waals surface area (Å²) >= 11 is 0. The van der Waals surface area contributed by atoms with E-state index in [1.54, 1.807) is 35.6 Å². The summed E-state index contributed by atoms with van der Waals surface area (Å²) < 4.78 is 82.7. The van der Waals surface area contributed by atoms with Crippen molar-refractivity contribution in [2.45, 2.75) is 101 Å². The SMILES string of the molecule is C[C@H]1[C@H]2OC[C@](COCCOCCOCCOCCn3cc(COCC(COCc4cn(CCOCCOCCOCCOC[C@@]56CO[C@@H](O5)[C@H](C)[C@@H](O)[C@H]6O)nn4)NC(=O)CCN)nn3)(O2)[C@H](O)[C@@H]1O. The van der Waals surface area contributed by atoms with Gasteiger partial charge in [-0.3, -0.25) is 4.79 Å². The third kappa shape index (κ3) is 17.8. The molecule has 0 unspecified atom stereocenters. The number of amides is 1. The molecular weight excluding hydrogens is 945 g/mol. The summed E-state index contributed by atoms with van der Waals surface area (Å²) in [6.45, 7) is 11.1. The van der Waals surface area contributed by atoms with Crippen molar-refractivity contribution in [2.24, 2.45) is 17.6 Å². The zero-order valence-electron chi connectivity index (χ0n) is 40.9. The van der Waals surface area contributed by atoms with Gasteiger partial charge in [0.15, 0.2) is 12.6 Å². The first-order chi connectivity index (χ1) is 34.5. The van der Waals surface area contributed by atoms with E-state index in [-0.39, 0.29) is 83.6 Å². The Morgan fingerprint density at radius 3 is 1.41 bits per heavy atom. The first-order valence-electron chi connectivity index (χ1n) is 24.4. The first-order valence-corrected chi connectivity index (χ1v) is 24.4. The fourth-order valence-electron chi connectivity index (χ4n) is 8.04. The van der Waals surface area contributed by atoms with Crippen LogP contribution in [-0.2, 0) is 97.4 Å². The molecular formula is C44H76N8O19. The Balaban J connectivity index is 0.719. The van der Waals surface area contributed by atoms with Gasteiger partial charge in [-0.15, -0.1) is 10.2 Å². The topological polar surface area (TPSA) is 327 Å². The Morgan fingerprint density at radius 1 is 0.634 bits per heavy atom. The van der Waals surface area contributed by atoms with E-state index in [1.807, 2.05) is 0 Å². The van der Waals surface area contributed by atoms with Crippen LogP contribution in [0.25, 0.3) is 0 Å². The van der Waals surface area contributed by atoms with Crippen molar-refractivity contribution in [1.29, 1.82) is 0 Å². The Hall–Kier alpha value is -3.01. The third-order valence-electron chi connectivity index (χ3n) is 12.2. The normalized spacial score (nSPS) is 28.5. The molecule has 4 aliphatic heterocycles. The number of aliphatic hydroxyl groups excluding tert-OH is 4. The summed E-state index contributed by atoms with van der Waals surface area (Å²) in [4.78, 5) is 12.4. The van der Waals surface area contributed by atoms with E-state index in [0.717, 1.165) is 0 Å². The van der Waals surface area contributed by atoms with E-state index in [2.05, 4.69) is 25.9 Å². The molecule has 6 rings (SSSR count). The molecule has 0 spiro atoms. The molecule has 7 N–H and O–H groups in total. The van der Waals surface area contributed by atoms with Crippen LogP contribution in [0.5, 0.6) is 0 Å². The lowest BCUT2D eigenvalue weighted by atomic mass is 9.86. The van der Waals surface area contributed by atoms with E-state index in [1.165, 1.54) is 0 Å².